The van der Waals surface area contributed by atoms with Crippen LogP contribution in [0.4, 0.5) is 0 Å². The lowest BCUT2D eigenvalue weighted by atomic mass is 10.1. The van der Waals surface area contributed by atoms with Gasteiger partial charge in [-0.25, -0.2) is 0 Å². The second kappa shape index (κ2) is 7.40. The fourth-order valence-corrected chi connectivity index (χ4v) is 2.43. The van der Waals surface area contributed by atoms with Crippen LogP contribution in [-0.4, -0.2) is 23.2 Å². The second-order valence-electron chi connectivity index (χ2n) is 4.92. The summed E-state index contributed by atoms with van der Waals surface area (Å²) in [6.07, 6.45) is 1.80. The summed E-state index contributed by atoms with van der Waals surface area (Å²) in [5, 5.41) is 0.262. The minimum Gasteiger partial charge on any atom is -0.496 e. The molecule has 2 aromatic rings. The first kappa shape index (κ1) is 16.5. The number of benzene rings is 1. The Kier molecular flexibility index (Phi) is 5.55. The third-order valence-corrected chi connectivity index (χ3v) is 3.86. The quantitative estimate of drug-likeness (QED) is 0.577. The number of nitrogens with zero attached hydrogens (tertiary/aromatic N) is 1. The van der Waals surface area contributed by atoms with Gasteiger partial charge in [-0.1, -0.05) is 22.0 Å². The van der Waals surface area contributed by atoms with E-state index < -0.39 is 0 Å². The van der Waals surface area contributed by atoms with Gasteiger partial charge in [-0.2, -0.15) is 0 Å². The van der Waals surface area contributed by atoms with E-state index in [0.717, 1.165) is 16.8 Å². The minimum atomic E-state index is -0.0192. The summed E-state index contributed by atoms with van der Waals surface area (Å²) in [5.41, 5.74) is 3.33. The highest BCUT2D eigenvalue weighted by molar-refractivity contribution is 9.09. The zero-order chi connectivity index (χ0) is 16.1. The number of ketones is 1. The molecular formula is C17H18BrNO3. The normalized spacial score (nSPS) is 10.4. The van der Waals surface area contributed by atoms with Gasteiger partial charge in [0.15, 0.2) is 5.78 Å². The van der Waals surface area contributed by atoms with Gasteiger partial charge >= 0.3 is 0 Å². The maximum absolute atomic E-state index is 11.9. The monoisotopic (exact) mass is 363 g/mol. The number of halogens is 1. The van der Waals surface area contributed by atoms with Gasteiger partial charge in [-0.05, 0) is 32.0 Å². The first-order chi connectivity index (χ1) is 10.6. The van der Waals surface area contributed by atoms with Crippen LogP contribution in [0.5, 0.6) is 11.5 Å². The molecule has 0 saturated heterocycles. The van der Waals surface area contributed by atoms with Gasteiger partial charge in [0, 0.05) is 23.0 Å². The van der Waals surface area contributed by atoms with Gasteiger partial charge in [-0.3, -0.25) is 9.78 Å². The predicted molar refractivity (Wildman–Crippen MR) is 89.2 cm³/mol. The Morgan fingerprint density at radius 1 is 1.23 bits per heavy atom. The highest BCUT2D eigenvalue weighted by atomic mass is 79.9. The molecule has 0 atom stereocenters. The van der Waals surface area contributed by atoms with Crippen LogP contribution in [-0.2, 0) is 6.61 Å². The lowest BCUT2D eigenvalue weighted by Crippen LogP contribution is -2.06. The number of Topliss-reactive ketones (excluding diaryl/α,β-unsaturated/α-hetero) is 1. The lowest BCUT2D eigenvalue weighted by molar-refractivity contribution is 0.102. The molecule has 5 heteroatoms. The van der Waals surface area contributed by atoms with Gasteiger partial charge < -0.3 is 9.47 Å². The van der Waals surface area contributed by atoms with Crippen molar-refractivity contribution in [3.8, 4) is 11.5 Å². The fraction of sp³-hybridized carbons (Fsp3) is 0.294. The van der Waals surface area contributed by atoms with Crippen molar-refractivity contribution in [2.45, 2.75) is 20.5 Å². The third-order valence-electron chi connectivity index (χ3n) is 3.35. The third kappa shape index (κ3) is 3.65. The molecular weight excluding hydrogens is 346 g/mol. The van der Waals surface area contributed by atoms with Crippen LogP contribution in [0.3, 0.4) is 0 Å². The van der Waals surface area contributed by atoms with Crippen LogP contribution in [0.1, 0.15) is 27.2 Å². The predicted octanol–water partition coefficient (Wildman–Crippen LogP) is 3.86. The van der Waals surface area contributed by atoms with Gasteiger partial charge in [-0.15, -0.1) is 0 Å². The van der Waals surface area contributed by atoms with Crippen molar-refractivity contribution in [2.75, 3.05) is 12.4 Å². The number of aryl methyl sites for hydroxylation is 1. The molecule has 0 amide bonds. The molecule has 0 bridgehead atoms. The largest absolute Gasteiger partial charge is 0.496 e. The number of pyridine rings is 1. The molecule has 22 heavy (non-hydrogen) atoms. The van der Waals surface area contributed by atoms with E-state index in [-0.39, 0.29) is 11.1 Å². The molecule has 0 spiro atoms. The topological polar surface area (TPSA) is 48.4 Å². The molecule has 0 aliphatic heterocycles. The average molecular weight is 364 g/mol. The standard InChI is InChI=1S/C17H18BrNO3/c1-11-4-5-13(9-19-11)10-22-16-7-6-14(15(20)8-18)17(21-3)12(16)2/h4-7,9H,8,10H2,1-3H3. The van der Waals surface area contributed by atoms with Crippen LogP contribution < -0.4 is 9.47 Å². The number of hydrogen-bond acceptors (Lipinski definition) is 4. The molecule has 0 aliphatic rings. The number of carbonyl (C=O) groups excluding carboxylic acids is 1. The van der Waals surface area contributed by atoms with Crippen LogP contribution >= 0.6 is 15.9 Å². The van der Waals surface area contributed by atoms with Gasteiger partial charge in [0.1, 0.15) is 18.1 Å². The Hall–Kier alpha value is -1.88. The Labute approximate surface area is 138 Å². The van der Waals surface area contributed by atoms with Crippen LogP contribution in [0.25, 0.3) is 0 Å². The van der Waals surface area contributed by atoms with Crippen molar-refractivity contribution in [1.82, 2.24) is 4.98 Å². The summed E-state index contributed by atoms with van der Waals surface area (Å²) in [4.78, 5) is 16.1. The van der Waals surface area contributed by atoms with E-state index in [0.29, 0.717) is 23.7 Å². The highest BCUT2D eigenvalue weighted by Gasteiger charge is 2.16. The summed E-state index contributed by atoms with van der Waals surface area (Å²) < 4.78 is 11.2. The molecule has 1 aromatic carbocycles. The van der Waals surface area contributed by atoms with E-state index in [2.05, 4.69) is 20.9 Å². The highest BCUT2D eigenvalue weighted by Crippen LogP contribution is 2.32. The van der Waals surface area contributed by atoms with Crippen LogP contribution in [0.15, 0.2) is 30.5 Å². The van der Waals surface area contributed by atoms with Crippen LogP contribution in [0, 0.1) is 13.8 Å². The van der Waals surface area contributed by atoms with E-state index in [4.69, 9.17) is 9.47 Å². The molecule has 4 nitrogen and oxygen atoms in total. The van der Waals surface area contributed by atoms with E-state index in [1.54, 1.807) is 25.4 Å². The Morgan fingerprint density at radius 2 is 2.00 bits per heavy atom. The van der Waals surface area contributed by atoms with Crippen molar-refractivity contribution < 1.29 is 14.3 Å². The minimum absolute atomic E-state index is 0.0192. The zero-order valence-corrected chi connectivity index (χ0v) is 14.4. The molecule has 1 heterocycles. The SMILES string of the molecule is COc1c(C(=O)CBr)ccc(OCc2ccc(C)nc2)c1C. The molecule has 0 unspecified atom stereocenters. The number of rotatable bonds is 6. The Bertz CT molecular complexity index is 668. The Morgan fingerprint density at radius 3 is 2.59 bits per heavy atom. The van der Waals surface area contributed by atoms with Crippen molar-refractivity contribution in [2.24, 2.45) is 0 Å². The van der Waals surface area contributed by atoms with Crippen molar-refractivity contribution in [1.29, 1.82) is 0 Å². The maximum atomic E-state index is 11.9. The summed E-state index contributed by atoms with van der Waals surface area (Å²) >= 11 is 3.18. The Balaban J connectivity index is 2.21. The summed E-state index contributed by atoms with van der Waals surface area (Å²) in [6, 6.07) is 7.47. The smallest absolute Gasteiger partial charge is 0.177 e. The average Bonchev–Trinajstić information content (AvgIpc) is 2.54. The van der Waals surface area contributed by atoms with E-state index in [1.807, 2.05) is 26.0 Å². The van der Waals surface area contributed by atoms with Gasteiger partial charge in [0.05, 0.1) is 18.0 Å². The first-order valence-corrected chi connectivity index (χ1v) is 8.00. The van der Waals surface area contributed by atoms with Gasteiger partial charge in [0.25, 0.3) is 0 Å². The molecule has 2 rings (SSSR count). The first-order valence-electron chi connectivity index (χ1n) is 6.88. The molecule has 0 aliphatic carbocycles. The zero-order valence-electron chi connectivity index (χ0n) is 12.9. The number of ether oxygens (including phenoxy) is 2. The van der Waals surface area contributed by atoms with Gasteiger partial charge in [0.2, 0.25) is 0 Å². The molecule has 0 fully saturated rings. The summed E-state index contributed by atoms with van der Waals surface area (Å²) in [5.74, 6) is 1.24. The van der Waals surface area contributed by atoms with E-state index in [9.17, 15) is 4.79 Å². The van der Waals surface area contributed by atoms with Crippen molar-refractivity contribution in [3.63, 3.8) is 0 Å². The molecule has 116 valence electrons. The summed E-state index contributed by atoms with van der Waals surface area (Å²) in [6.45, 7) is 4.24. The number of aromatic nitrogens is 1. The van der Waals surface area contributed by atoms with E-state index in [1.165, 1.54) is 0 Å². The molecule has 0 N–H and O–H groups in total. The van der Waals surface area contributed by atoms with Crippen LogP contribution in [0.2, 0.25) is 0 Å². The molecule has 0 saturated carbocycles. The number of methoxy groups -OCH3 is 1. The lowest BCUT2D eigenvalue weighted by Gasteiger charge is -2.15. The van der Waals surface area contributed by atoms with Crippen molar-refractivity contribution >= 4 is 21.7 Å². The molecule has 1 aromatic heterocycles. The maximum Gasteiger partial charge on any atom is 0.177 e. The second-order valence-corrected chi connectivity index (χ2v) is 5.48. The fourth-order valence-electron chi connectivity index (χ4n) is 2.13. The van der Waals surface area contributed by atoms with Crippen molar-refractivity contribution in [3.05, 3.63) is 52.8 Å². The summed E-state index contributed by atoms with van der Waals surface area (Å²) in [7, 11) is 1.56. The number of carbonyl (C=O) groups is 1. The number of hydrogen-bond donors (Lipinski definition) is 0. The van der Waals surface area contributed by atoms with E-state index >= 15 is 0 Å². The molecule has 0 radical (unpaired) electrons. The number of alkyl halides is 1.